The van der Waals surface area contributed by atoms with Crippen LogP contribution < -0.4 is 10.6 Å². The number of benzene rings is 1. The maximum Gasteiger partial charge on any atom is 0.349 e. The largest absolute Gasteiger partial charge is 0.349 e. The number of hydrogen-bond donors (Lipinski definition) is 0. The minimum absolute atomic E-state index is 0.0168. The molecule has 0 N–H and O–H groups in total. The van der Waals surface area contributed by atoms with Crippen LogP contribution in [-0.2, 0) is 13.6 Å². The Morgan fingerprint density at radius 1 is 1.10 bits per heavy atom. The van der Waals surface area contributed by atoms with Gasteiger partial charge in [-0.1, -0.05) is 6.07 Å². The van der Waals surface area contributed by atoms with Gasteiger partial charge in [0, 0.05) is 38.8 Å². The van der Waals surface area contributed by atoms with Crippen LogP contribution in [0.2, 0.25) is 0 Å². The first-order chi connectivity index (χ1) is 14.8. The average Bonchev–Trinajstić information content (AvgIpc) is 2.75. The zero-order chi connectivity index (χ0) is 22.3. The predicted octanol–water partition coefficient (Wildman–Crippen LogP) is 2.58. The van der Waals surface area contributed by atoms with Crippen molar-refractivity contribution < 1.29 is 8.78 Å². The molecule has 160 valence electrons. The summed E-state index contributed by atoms with van der Waals surface area (Å²) in [5, 5.41) is 9.26. The van der Waals surface area contributed by atoms with Crippen molar-refractivity contribution in [2.75, 3.05) is 18.0 Å². The highest BCUT2D eigenvalue weighted by Gasteiger charge is 2.31. The van der Waals surface area contributed by atoms with Crippen LogP contribution in [0.1, 0.15) is 25.1 Å². The molecule has 4 rings (SSSR count). The topological polar surface area (TPSA) is 78.0 Å². The van der Waals surface area contributed by atoms with Crippen LogP contribution in [0.15, 0.2) is 35.1 Å². The molecule has 1 saturated heterocycles. The van der Waals surface area contributed by atoms with E-state index in [9.17, 15) is 18.8 Å². The number of nitriles is 1. The van der Waals surface area contributed by atoms with Crippen molar-refractivity contribution in [3.05, 3.63) is 63.7 Å². The summed E-state index contributed by atoms with van der Waals surface area (Å²) in [5.41, 5.74) is 1.68. The molecule has 2 aromatic heterocycles. The number of pyridine rings is 1. The molecule has 0 spiro atoms. The number of hydrogen-bond acceptors (Lipinski definition) is 6. The summed E-state index contributed by atoms with van der Waals surface area (Å²) in [6, 6.07) is 9.32. The number of fused-ring (bicyclic) bond motifs is 1. The van der Waals surface area contributed by atoms with Crippen molar-refractivity contribution >= 4 is 16.9 Å². The second-order valence-electron chi connectivity index (χ2n) is 7.98. The third kappa shape index (κ3) is 3.86. The van der Waals surface area contributed by atoms with Crippen molar-refractivity contribution in [1.29, 1.82) is 5.26 Å². The number of nitrogens with zero attached hydrogens (tertiary/aromatic N) is 6. The second kappa shape index (κ2) is 8.04. The molecule has 0 aliphatic carbocycles. The molecule has 2 atom stereocenters. The van der Waals surface area contributed by atoms with Crippen molar-refractivity contribution in [3.8, 4) is 6.07 Å². The van der Waals surface area contributed by atoms with E-state index in [0.717, 1.165) is 6.07 Å². The van der Waals surface area contributed by atoms with Gasteiger partial charge in [0.2, 0.25) is 0 Å². The maximum atomic E-state index is 13.6. The zero-order valence-electron chi connectivity index (χ0n) is 17.5. The molecule has 1 aliphatic heterocycles. The first-order valence-electron chi connectivity index (χ1n) is 10.0. The normalized spacial score (nSPS) is 19.5. The van der Waals surface area contributed by atoms with Gasteiger partial charge in [-0.25, -0.2) is 18.6 Å². The van der Waals surface area contributed by atoms with Gasteiger partial charge < -0.3 is 4.90 Å². The smallest absolute Gasteiger partial charge is 0.349 e. The molecule has 0 radical (unpaired) electrons. The lowest BCUT2D eigenvalue weighted by atomic mass is 10.1. The van der Waals surface area contributed by atoms with E-state index in [2.05, 4.69) is 14.9 Å². The molecule has 1 aliphatic rings. The minimum atomic E-state index is -0.858. The van der Waals surface area contributed by atoms with E-state index in [0.29, 0.717) is 42.0 Å². The summed E-state index contributed by atoms with van der Waals surface area (Å²) in [5.74, 6) is -1.25. The lowest BCUT2D eigenvalue weighted by Gasteiger charge is -2.44. The van der Waals surface area contributed by atoms with Crippen LogP contribution >= 0.6 is 0 Å². The Morgan fingerprint density at radius 3 is 2.58 bits per heavy atom. The highest BCUT2D eigenvalue weighted by molar-refractivity contribution is 5.86. The third-order valence-corrected chi connectivity index (χ3v) is 5.81. The Bertz CT molecular complexity index is 1250. The fourth-order valence-electron chi connectivity index (χ4n) is 4.06. The highest BCUT2D eigenvalue weighted by Crippen LogP contribution is 2.27. The van der Waals surface area contributed by atoms with Gasteiger partial charge >= 0.3 is 5.69 Å². The van der Waals surface area contributed by atoms with Crippen molar-refractivity contribution in [3.63, 3.8) is 0 Å². The SMILES string of the molecule is C[C@@H]1CN(c2nc(=O)n(C)c3ccc(C#N)nc23)[C@@H](C)CN1Cc1ccc(F)c(F)c1. The molecule has 31 heavy (non-hydrogen) atoms. The summed E-state index contributed by atoms with van der Waals surface area (Å²) in [6.45, 7) is 5.74. The third-order valence-electron chi connectivity index (χ3n) is 5.81. The number of anilines is 1. The van der Waals surface area contributed by atoms with Crippen LogP contribution in [0.4, 0.5) is 14.6 Å². The summed E-state index contributed by atoms with van der Waals surface area (Å²) >= 11 is 0. The predicted molar refractivity (Wildman–Crippen MR) is 113 cm³/mol. The Kier molecular flexibility index (Phi) is 5.41. The van der Waals surface area contributed by atoms with Crippen molar-refractivity contribution in [1.82, 2.24) is 19.4 Å². The highest BCUT2D eigenvalue weighted by atomic mass is 19.2. The molecule has 0 unspecified atom stereocenters. The second-order valence-corrected chi connectivity index (χ2v) is 7.98. The summed E-state index contributed by atoms with van der Waals surface area (Å²) in [7, 11) is 1.63. The van der Waals surface area contributed by atoms with E-state index in [1.807, 2.05) is 24.8 Å². The maximum absolute atomic E-state index is 13.6. The van der Waals surface area contributed by atoms with Gasteiger partial charge in [-0.05, 0) is 43.7 Å². The Labute approximate surface area is 178 Å². The fourth-order valence-corrected chi connectivity index (χ4v) is 4.06. The Morgan fingerprint density at radius 2 is 1.87 bits per heavy atom. The van der Waals surface area contributed by atoms with E-state index in [-0.39, 0.29) is 17.8 Å². The standard InChI is InChI=1S/C22H22F2N6O/c1-13-11-30(14(2)10-29(13)12-15-4-6-17(23)18(24)8-15)21-20-19(28(3)22(31)27-21)7-5-16(9-25)26-20/h4-8,13-14H,10-12H2,1-3H3/t13-,14+/m1/s1. The van der Waals surface area contributed by atoms with E-state index in [1.54, 1.807) is 25.2 Å². The minimum Gasteiger partial charge on any atom is -0.349 e. The number of piperazine rings is 1. The van der Waals surface area contributed by atoms with Crippen LogP contribution in [-0.4, -0.2) is 44.6 Å². The Balaban J connectivity index is 1.66. The number of aromatic nitrogens is 3. The van der Waals surface area contributed by atoms with Crippen LogP contribution in [0, 0.1) is 23.0 Å². The lowest BCUT2D eigenvalue weighted by Crippen LogP contribution is -2.56. The molecule has 0 bridgehead atoms. The van der Waals surface area contributed by atoms with E-state index in [4.69, 9.17) is 0 Å². The quantitative estimate of drug-likeness (QED) is 0.643. The van der Waals surface area contributed by atoms with E-state index >= 15 is 0 Å². The number of rotatable bonds is 3. The molecule has 9 heteroatoms. The van der Waals surface area contributed by atoms with E-state index < -0.39 is 17.3 Å². The molecule has 3 aromatic rings. The van der Waals surface area contributed by atoms with Crippen molar-refractivity contribution in [2.45, 2.75) is 32.5 Å². The summed E-state index contributed by atoms with van der Waals surface area (Å²) in [6.07, 6.45) is 0. The average molecular weight is 424 g/mol. The zero-order valence-corrected chi connectivity index (χ0v) is 17.5. The summed E-state index contributed by atoms with van der Waals surface area (Å²) < 4.78 is 28.3. The number of halogens is 2. The van der Waals surface area contributed by atoms with Crippen LogP contribution in [0.3, 0.4) is 0 Å². The molecular formula is C22H22F2N6O. The summed E-state index contributed by atoms with van der Waals surface area (Å²) in [4.78, 5) is 25.4. The molecule has 7 nitrogen and oxygen atoms in total. The van der Waals surface area contributed by atoms with Crippen LogP contribution in [0.5, 0.6) is 0 Å². The molecule has 3 heterocycles. The van der Waals surface area contributed by atoms with Gasteiger partial charge in [-0.15, -0.1) is 0 Å². The fraction of sp³-hybridized carbons (Fsp3) is 0.364. The lowest BCUT2D eigenvalue weighted by molar-refractivity contribution is 0.157. The van der Waals surface area contributed by atoms with Gasteiger partial charge in [0.25, 0.3) is 0 Å². The Hall–Kier alpha value is -3.38. The van der Waals surface area contributed by atoms with Gasteiger partial charge in [0.15, 0.2) is 17.5 Å². The van der Waals surface area contributed by atoms with Gasteiger partial charge in [0.1, 0.15) is 17.3 Å². The van der Waals surface area contributed by atoms with Crippen molar-refractivity contribution in [2.24, 2.45) is 7.05 Å². The van der Waals surface area contributed by atoms with Gasteiger partial charge in [-0.2, -0.15) is 10.2 Å². The molecular weight excluding hydrogens is 402 g/mol. The monoisotopic (exact) mass is 424 g/mol. The van der Waals surface area contributed by atoms with E-state index in [1.165, 1.54) is 10.6 Å². The molecule has 1 aromatic carbocycles. The van der Waals surface area contributed by atoms with Crippen LogP contribution in [0.25, 0.3) is 11.0 Å². The van der Waals surface area contributed by atoms with Gasteiger partial charge in [-0.3, -0.25) is 9.47 Å². The van der Waals surface area contributed by atoms with Gasteiger partial charge in [0.05, 0.1) is 5.52 Å². The number of aryl methyl sites for hydroxylation is 1. The molecule has 0 saturated carbocycles. The molecule has 1 fully saturated rings. The first kappa shape index (κ1) is 20.9. The molecule has 0 amide bonds. The first-order valence-corrected chi connectivity index (χ1v) is 10.0.